The van der Waals surface area contributed by atoms with Crippen molar-refractivity contribution in [3.63, 3.8) is 0 Å². The van der Waals surface area contributed by atoms with Gasteiger partial charge < -0.3 is 9.47 Å². The number of hydrogen-bond donors (Lipinski definition) is 2. The number of rotatable bonds is 9. The quantitative estimate of drug-likeness (QED) is 0.516. The SMILES string of the molecule is COc1ccc(C(=O)NC(=O)COC(=O)CCNS(=O)(=O)c2cccc(C(F)(F)F)c2)cc1. The van der Waals surface area contributed by atoms with Crippen LogP contribution >= 0.6 is 0 Å². The third-order valence-corrected chi connectivity index (χ3v) is 5.52. The zero-order valence-electron chi connectivity index (χ0n) is 17.1. The van der Waals surface area contributed by atoms with Crippen LogP contribution in [0.4, 0.5) is 13.2 Å². The fraction of sp³-hybridized carbons (Fsp3) is 0.250. The lowest BCUT2D eigenvalue weighted by molar-refractivity contribution is -0.148. The molecule has 2 amide bonds. The van der Waals surface area contributed by atoms with Gasteiger partial charge in [0, 0.05) is 12.1 Å². The normalized spacial score (nSPS) is 11.5. The van der Waals surface area contributed by atoms with Crippen molar-refractivity contribution < 1.29 is 45.4 Å². The minimum absolute atomic E-state index is 0.166. The molecule has 0 radical (unpaired) electrons. The number of methoxy groups -OCH3 is 1. The highest BCUT2D eigenvalue weighted by Crippen LogP contribution is 2.30. The van der Waals surface area contributed by atoms with Crippen LogP contribution in [0.3, 0.4) is 0 Å². The van der Waals surface area contributed by atoms with E-state index in [0.29, 0.717) is 11.8 Å². The predicted octanol–water partition coefficient (Wildman–Crippen LogP) is 1.88. The average molecular weight is 488 g/mol. The number of esters is 1. The zero-order chi connectivity index (χ0) is 24.6. The van der Waals surface area contributed by atoms with Gasteiger partial charge in [-0.2, -0.15) is 13.2 Å². The molecule has 0 saturated heterocycles. The maximum Gasteiger partial charge on any atom is 0.416 e. The smallest absolute Gasteiger partial charge is 0.416 e. The van der Waals surface area contributed by atoms with Gasteiger partial charge in [-0.05, 0) is 42.5 Å². The summed E-state index contributed by atoms with van der Waals surface area (Å²) in [5, 5.41) is 2.01. The van der Waals surface area contributed by atoms with E-state index in [9.17, 15) is 36.0 Å². The van der Waals surface area contributed by atoms with Crippen molar-refractivity contribution in [1.82, 2.24) is 10.0 Å². The summed E-state index contributed by atoms with van der Waals surface area (Å²) < 4.78 is 74.0. The van der Waals surface area contributed by atoms with E-state index < -0.39 is 64.0 Å². The third kappa shape index (κ3) is 7.88. The van der Waals surface area contributed by atoms with Crippen LogP contribution in [0.15, 0.2) is 53.4 Å². The number of nitrogens with one attached hydrogen (secondary N) is 2. The van der Waals surface area contributed by atoms with Gasteiger partial charge in [0.05, 0.1) is 24.0 Å². The summed E-state index contributed by atoms with van der Waals surface area (Å²) in [5.41, 5.74) is -0.973. The van der Waals surface area contributed by atoms with Crippen LogP contribution in [0.5, 0.6) is 5.75 Å². The number of alkyl halides is 3. The molecule has 0 aliphatic heterocycles. The third-order valence-electron chi connectivity index (χ3n) is 4.06. The van der Waals surface area contributed by atoms with E-state index in [4.69, 9.17) is 4.74 Å². The van der Waals surface area contributed by atoms with E-state index in [1.807, 2.05) is 10.0 Å². The van der Waals surface area contributed by atoms with Crippen LogP contribution in [-0.2, 0) is 30.5 Å². The van der Waals surface area contributed by atoms with Gasteiger partial charge in [0.2, 0.25) is 10.0 Å². The number of imide groups is 1. The van der Waals surface area contributed by atoms with Crippen LogP contribution in [-0.4, -0.2) is 46.5 Å². The van der Waals surface area contributed by atoms with Gasteiger partial charge in [-0.15, -0.1) is 0 Å². The van der Waals surface area contributed by atoms with Gasteiger partial charge >= 0.3 is 12.1 Å². The zero-order valence-corrected chi connectivity index (χ0v) is 18.0. The molecule has 0 heterocycles. The monoisotopic (exact) mass is 488 g/mol. The Bertz CT molecular complexity index is 1120. The summed E-state index contributed by atoms with van der Waals surface area (Å²) in [6.07, 6.45) is -5.22. The number of halogens is 3. The molecule has 0 atom stereocenters. The van der Waals surface area contributed by atoms with Crippen molar-refractivity contribution in [1.29, 1.82) is 0 Å². The Balaban J connectivity index is 1.78. The second-order valence-electron chi connectivity index (χ2n) is 6.44. The largest absolute Gasteiger partial charge is 0.497 e. The van der Waals surface area contributed by atoms with Crippen molar-refractivity contribution >= 4 is 27.8 Å². The summed E-state index contributed by atoms with van der Waals surface area (Å²) in [7, 11) is -2.86. The van der Waals surface area contributed by atoms with Gasteiger partial charge in [0.25, 0.3) is 11.8 Å². The minimum Gasteiger partial charge on any atom is -0.497 e. The highest BCUT2D eigenvalue weighted by atomic mass is 32.2. The number of amides is 2. The summed E-state index contributed by atoms with van der Waals surface area (Å²) in [6, 6.07) is 8.97. The molecule has 9 nitrogen and oxygen atoms in total. The molecular weight excluding hydrogens is 469 g/mol. The van der Waals surface area contributed by atoms with Crippen molar-refractivity contribution in [2.24, 2.45) is 0 Å². The number of carbonyl (C=O) groups is 3. The molecule has 33 heavy (non-hydrogen) atoms. The maximum absolute atomic E-state index is 12.7. The molecule has 2 aromatic carbocycles. The second-order valence-corrected chi connectivity index (χ2v) is 8.21. The first kappa shape index (κ1) is 25.8. The van der Waals surface area contributed by atoms with E-state index in [1.54, 1.807) is 0 Å². The standard InChI is InChI=1S/C20H19F3N2O7S/c1-31-15-7-5-13(6-8-15)19(28)25-17(26)12-32-18(27)9-10-24-33(29,30)16-4-2-3-14(11-16)20(21,22)23/h2-8,11,24H,9-10,12H2,1H3,(H,25,26,28). The summed E-state index contributed by atoms with van der Waals surface area (Å²) in [6.45, 7) is -1.27. The molecule has 13 heteroatoms. The van der Waals surface area contributed by atoms with E-state index >= 15 is 0 Å². The van der Waals surface area contributed by atoms with Crippen molar-refractivity contribution in [2.75, 3.05) is 20.3 Å². The Morgan fingerprint density at radius 3 is 2.30 bits per heavy atom. The number of hydrogen-bond acceptors (Lipinski definition) is 7. The lowest BCUT2D eigenvalue weighted by Gasteiger charge is -2.10. The topological polar surface area (TPSA) is 128 Å². The summed E-state index contributed by atoms with van der Waals surface area (Å²) >= 11 is 0. The molecule has 0 aliphatic rings. The molecule has 0 unspecified atom stereocenters. The van der Waals surface area contributed by atoms with E-state index in [1.165, 1.54) is 31.4 Å². The minimum atomic E-state index is -4.72. The van der Waals surface area contributed by atoms with Gasteiger partial charge in [0.1, 0.15) is 5.75 Å². The Morgan fingerprint density at radius 1 is 1.03 bits per heavy atom. The molecule has 2 N–H and O–H groups in total. The van der Waals surface area contributed by atoms with Crippen molar-refractivity contribution in [2.45, 2.75) is 17.5 Å². The molecule has 0 aliphatic carbocycles. The average Bonchev–Trinajstić information content (AvgIpc) is 2.77. The second kappa shape index (κ2) is 10.9. The first-order valence-electron chi connectivity index (χ1n) is 9.23. The Hall–Kier alpha value is -3.45. The van der Waals surface area contributed by atoms with Crippen LogP contribution in [0, 0.1) is 0 Å². The van der Waals surface area contributed by atoms with Gasteiger partial charge in [-0.25, -0.2) is 13.1 Å². The molecule has 2 aromatic rings. The van der Waals surface area contributed by atoms with Crippen LogP contribution < -0.4 is 14.8 Å². The van der Waals surface area contributed by atoms with Crippen LogP contribution in [0.25, 0.3) is 0 Å². The van der Waals surface area contributed by atoms with Gasteiger partial charge in [0.15, 0.2) is 6.61 Å². The van der Waals surface area contributed by atoms with Gasteiger partial charge in [-0.1, -0.05) is 6.07 Å². The van der Waals surface area contributed by atoms with Crippen molar-refractivity contribution in [3.05, 3.63) is 59.7 Å². The maximum atomic E-state index is 12.7. The number of ether oxygens (including phenoxy) is 2. The first-order chi connectivity index (χ1) is 15.4. The molecule has 0 saturated carbocycles. The predicted molar refractivity (Wildman–Crippen MR) is 108 cm³/mol. The molecule has 0 fully saturated rings. The fourth-order valence-electron chi connectivity index (χ4n) is 2.41. The summed E-state index contributed by atoms with van der Waals surface area (Å²) in [5.74, 6) is -2.09. The Morgan fingerprint density at radius 2 is 1.70 bits per heavy atom. The Labute approximate surface area is 186 Å². The molecule has 178 valence electrons. The van der Waals surface area contributed by atoms with E-state index in [-0.39, 0.29) is 5.56 Å². The molecule has 2 rings (SSSR count). The Kier molecular flexibility index (Phi) is 8.54. The number of carbonyl (C=O) groups excluding carboxylic acids is 3. The van der Waals surface area contributed by atoms with Crippen LogP contribution in [0.1, 0.15) is 22.3 Å². The van der Waals surface area contributed by atoms with Crippen LogP contribution in [0.2, 0.25) is 0 Å². The first-order valence-corrected chi connectivity index (χ1v) is 10.7. The molecule has 0 aromatic heterocycles. The van der Waals surface area contributed by atoms with Gasteiger partial charge in [-0.3, -0.25) is 19.7 Å². The highest BCUT2D eigenvalue weighted by Gasteiger charge is 2.31. The molecule has 0 spiro atoms. The van der Waals surface area contributed by atoms with Crippen molar-refractivity contribution in [3.8, 4) is 5.75 Å². The number of sulfonamides is 1. The van der Waals surface area contributed by atoms with E-state index in [0.717, 1.165) is 18.2 Å². The van der Waals surface area contributed by atoms with E-state index in [2.05, 4.69) is 4.74 Å². The highest BCUT2D eigenvalue weighted by molar-refractivity contribution is 7.89. The fourth-order valence-corrected chi connectivity index (χ4v) is 3.48. The molecule has 0 bridgehead atoms. The molecular formula is C20H19F3N2O7S. The lowest BCUT2D eigenvalue weighted by Crippen LogP contribution is -2.34. The number of benzene rings is 2. The summed E-state index contributed by atoms with van der Waals surface area (Å²) in [4.78, 5) is 34.8. The lowest BCUT2D eigenvalue weighted by atomic mass is 10.2.